The van der Waals surface area contributed by atoms with Gasteiger partial charge in [0.1, 0.15) is 0 Å². The predicted molar refractivity (Wildman–Crippen MR) is 119 cm³/mol. The number of benzene rings is 3. The summed E-state index contributed by atoms with van der Waals surface area (Å²) in [7, 11) is 0. The van der Waals surface area contributed by atoms with E-state index in [-0.39, 0.29) is 10.8 Å². The molecule has 0 aliphatic heterocycles. The molecule has 0 aliphatic rings. The fourth-order valence-electron chi connectivity index (χ4n) is 4.20. The lowest BCUT2D eigenvalue weighted by Crippen LogP contribution is -2.20. The highest BCUT2D eigenvalue weighted by Crippen LogP contribution is 2.40. The molecule has 0 N–H and O–H groups in total. The molecule has 140 valence electrons. The van der Waals surface area contributed by atoms with Crippen molar-refractivity contribution in [2.45, 2.75) is 59.3 Å². The highest BCUT2D eigenvalue weighted by Gasteiger charge is 2.26. The topological polar surface area (TPSA) is 0 Å². The molecule has 0 unspecified atom stereocenters. The molecule has 0 fully saturated rings. The molecule has 0 bridgehead atoms. The molecular weight excluding hydrogens is 324 g/mol. The van der Waals surface area contributed by atoms with Crippen LogP contribution in [-0.2, 0) is 10.8 Å². The van der Waals surface area contributed by atoms with Gasteiger partial charge in [0, 0.05) is 0 Å². The zero-order chi connectivity index (χ0) is 19.8. The molecule has 0 saturated heterocycles. The minimum atomic E-state index is 0.0960. The lowest BCUT2D eigenvalue weighted by Gasteiger charge is -2.31. The van der Waals surface area contributed by atoms with Crippen LogP contribution in [0, 0.1) is 6.92 Å². The molecule has 0 spiro atoms. The molecule has 0 nitrogen and oxygen atoms in total. The van der Waals surface area contributed by atoms with Crippen LogP contribution < -0.4 is 0 Å². The van der Waals surface area contributed by atoms with Crippen LogP contribution in [0.25, 0.3) is 22.3 Å². The largest absolute Gasteiger partial charge is 0.0622 e. The van der Waals surface area contributed by atoms with Gasteiger partial charge in [-0.3, -0.25) is 0 Å². The molecule has 0 aromatic heterocycles. The average molecular weight is 357 g/mol. The standard InChI is InChI=1S/C27H32/c1-19-24(26(2,3)4)18-17-23(25(19)27(5,6)7)22-15-13-21(14-16-22)20-11-9-8-10-12-20/h8-18H,1-7H3. The van der Waals surface area contributed by atoms with Crippen LogP contribution in [0.15, 0.2) is 66.7 Å². The smallest absolute Gasteiger partial charge is 0.0123 e. The third-order valence-corrected chi connectivity index (χ3v) is 5.33. The fraction of sp³-hybridized carbons (Fsp3) is 0.333. The Kier molecular flexibility index (Phi) is 5.04. The second-order valence-corrected chi connectivity index (χ2v) is 9.60. The number of hydrogen-bond donors (Lipinski definition) is 0. The minimum absolute atomic E-state index is 0.0960. The van der Waals surface area contributed by atoms with Crippen LogP contribution in [0.2, 0.25) is 0 Å². The van der Waals surface area contributed by atoms with Crippen LogP contribution >= 0.6 is 0 Å². The van der Waals surface area contributed by atoms with Crippen LogP contribution in [0.5, 0.6) is 0 Å². The predicted octanol–water partition coefficient (Wildman–Crippen LogP) is 7.92. The Balaban J connectivity index is 2.13. The first-order valence-electron chi connectivity index (χ1n) is 9.89. The lowest BCUT2D eigenvalue weighted by molar-refractivity contribution is 0.562. The van der Waals surface area contributed by atoms with Gasteiger partial charge in [-0.05, 0) is 56.7 Å². The van der Waals surface area contributed by atoms with E-state index in [0.717, 1.165) is 0 Å². The first-order valence-corrected chi connectivity index (χ1v) is 9.89. The van der Waals surface area contributed by atoms with Gasteiger partial charge in [-0.1, -0.05) is 108 Å². The Morgan fingerprint density at radius 1 is 0.519 bits per heavy atom. The maximum absolute atomic E-state index is 2.33. The lowest BCUT2D eigenvalue weighted by atomic mass is 9.73. The van der Waals surface area contributed by atoms with Crippen molar-refractivity contribution < 1.29 is 0 Å². The summed E-state index contributed by atoms with van der Waals surface area (Å²) >= 11 is 0. The molecule has 0 atom stereocenters. The van der Waals surface area contributed by atoms with Crippen LogP contribution in [0.1, 0.15) is 58.2 Å². The molecule has 27 heavy (non-hydrogen) atoms. The monoisotopic (exact) mass is 356 g/mol. The van der Waals surface area contributed by atoms with Crippen molar-refractivity contribution in [1.82, 2.24) is 0 Å². The van der Waals surface area contributed by atoms with Gasteiger partial charge in [0.15, 0.2) is 0 Å². The summed E-state index contributed by atoms with van der Waals surface area (Å²) in [5.74, 6) is 0. The van der Waals surface area contributed by atoms with Gasteiger partial charge in [0.25, 0.3) is 0 Å². The molecule has 0 saturated carbocycles. The fourth-order valence-corrected chi connectivity index (χ4v) is 4.20. The van der Waals surface area contributed by atoms with E-state index in [9.17, 15) is 0 Å². The van der Waals surface area contributed by atoms with E-state index in [2.05, 4.69) is 115 Å². The Morgan fingerprint density at radius 2 is 1.04 bits per heavy atom. The molecule has 3 aromatic rings. The van der Waals surface area contributed by atoms with Gasteiger partial charge in [-0.25, -0.2) is 0 Å². The van der Waals surface area contributed by atoms with Crippen molar-refractivity contribution in [3.05, 3.63) is 83.4 Å². The molecular formula is C27H32. The van der Waals surface area contributed by atoms with E-state index in [1.54, 1.807) is 0 Å². The zero-order valence-electron chi connectivity index (χ0n) is 17.9. The molecule has 3 aromatic carbocycles. The van der Waals surface area contributed by atoms with Gasteiger partial charge < -0.3 is 0 Å². The molecule has 0 amide bonds. The molecule has 0 radical (unpaired) electrons. The van der Waals surface area contributed by atoms with Crippen molar-refractivity contribution >= 4 is 0 Å². The van der Waals surface area contributed by atoms with E-state index in [1.807, 2.05) is 0 Å². The second kappa shape index (κ2) is 7.00. The van der Waals surface area contributed by atoms with Crippen molar-refractivity contribution in [1.29, 1.82) is 0 Å². The first kappa shape index (κ1) is 19.4. The SMILES string of the molecule is Cc1c(C(C)(C)C)ccc(-c2ccc(-c3ccccc3)cc2)c1C(C)(C)C. The minimum Gasteiger partial charge on any atom is -0.0622 e. The van der Waals surface area contributed by atoms with Crippen LogP contribution in [0.3, 0.4) is 0 Å². The van der Waals surface area contributed by atoms with E-state index in [1.165, 1.54) is 38.9 Å². The third-order valence-electron chi connectivity index (χ3n) is 5.33. The summed E-state index contributed by atoms with van der Waals surface area (Å²) in [5, 5.41) is 0. The third kappa shape index (κ3) is 4.00. The maximum Gasteiger partial charge on any atom is -0.0123 e. The maximum atomic E-state index is 2.33. The quantitative estimate of drug-likeness (QED) is 0.437. The number of hydrogen-bond acceptors (Lipinski definition) is 0. The van der Waals surface area contributed by atoms with E-state index in [4.69, 9.17) is 0 Å². The summed E-state index contributed by atoms with van der Waals surface area (Å²) in [5.41, 5.74) is 9.76. The average Bonchev–Trinajstić information content (AvgIpc) is 2.60. The highest BCUT2D eigenvalue weighted by atomic mass is 14.3. The van der Waals surface area contributed by atoms with Crippen LogP contribution in [-0.4, -0.2) is 0 Å². The molecule has 3 rings (SSSR count). The highest BCUT2D eigenvalue weighted by molar-refractivity contribution is 5.74. The zero-order valence-corrected chi connectivity index (χ0v) is 17.9. The van der Waals surface area contributed by atoms with E-state index >= 15 is 0 Å². The van der Waals surface area contributed by atoms with Crippen molar-refractivity contribution in [2.75, 3.05) is 0 Å². The van der Waals surface area contributed by atoms with Gasteiger partial charge in [0.2, 0.25) is 0 Å². The summed E-state index contributed by atoms with van der Waals surface area (Å²) in [6, 6.07) is 24.2. The Bertz CT molecular complexity index is 915. The van der Waals surface area contributed by atoms with Gasteiger partial charge in [0.05, 0.1) is 0 Å². The van der Waals surface area contributed by atoms with Gasteiger partial charge in [-0.2, -0.15) is 0 Å². The molecule has 0 heterocycles. The normalized spacial score (nSPS) is 12.3. The summed E-state index contributed by atoms with van der Waals surface area (Å²) in [4.78, 5) is 0. The number of rotatable bonds is 2. The van der Waals surface area contributed by atoms with Crippen molar-refractivity contribution in [3.63, 3.8) is 0 Å². The van der Waals surface area contributed by atoms with E-state index < -0.39 is 0 Å². The summed E-state index contributed by atoms with van der Waals surface area (Å²) < 4.78 is 0. The molecule has 0 aliphatic carbocycles. The summed E-state index contributed by atoms with van der Waals surface area (Å²) in [6.45, 7) is 16.2. The van der Waals surface area contributed by atoms with Crippen molar-refractivity contribution in [2.24, 2.45) is 0 Å². The van der Waals surface area contributed by atoms with Gasteiger partial charge in [-0.15, -0.1) is 0 Å². The van der Waals surface area contributed by atoms with Crippen molar-refractivity contribution in [3.8, 4) is 22.3 Å². The Labute approximate surface area is 165 Å². The van der Waals surface area contributed by atoms with E-state index in [0.29, 0.717) is 0 Å². The first-order chi connectivity index (χ1) is 12.6. The second-order valence-electron chi connectivity index (χ2n) is 9.60. The summed E-state index contributed by atoms with van der Waals surface area (Å²) in [6.07, 6.45) is 0. The van der Waals surface area contributed by atoms with Gasteiger partial charge >= 0.3 is 0 Å². The Morgan fingerprint density at radius 3 is 1.56 bits per heavy atom. The van der Waals surface area contributed by atoms with Crippen LogP contribution in [0.4, 0.5) is 0 Å². The Hall–Kier alpha value is -2.34. The molecule has 0 heteroatoms.